The lowest BCUT2D eigenvalue weighted by Gasteiger charge is -2.23. The molecule has 34 heavy (non-hydrogen) atoms. The molecule has 0 radical (unpaired) electrons. The molecule has 0 saturated carbocycles. The van der Waals surface area contributed by atoms with Crippen LogP contribution in [0.1, 0.15) is 48.2 Å². The highest BCUT2D eigenvalue weighted by molar-refractivity contribution is 7.14. The monoisotopic (exact) mass is 476 g/mol. The average molecular weight is 477 g/mol. The second kappa shape index (κ2) is 9.81. The summed E-state index contributed by atoms with van der Waals surface area (Å²) >= 11 is 1.40. The zero-order chi connectivity index (χ0) is 24.4. The van der Waals surface area contributed by atoms with Crippen molar-refractivity contribution in [3.05, 3.63) is 80.1 Å². The van der Waals surface area contributed by atoms with Crippen LogP contribution < -0.4 is 15.3 Å². The number of carbonyl (C=O) groups excluding carboxylic acids is 1. The smallest absolute Gasteiger partial charge is 0.336 e. The van der Waals surface area contributed by atoms with Crippen LogP contribution in [0, 0.1) is 20.8 Å². The van der Waals surface area contributed by atoms with Gasteiger partial charge in [0.25, 0.3) is 0 Å². The lowest BCUT2D eigenvalue weighted by molar-refractivity contribution is -0.115. The first-order chi connectivity index (χ1) is 16.3. The van der Waals surface area contributed by atoms with Crippen LogP contribution in [-0.4, -0.2) is 10.9 Å². The van der Waals surface area contributed by atoms with E-state index in [1.807, 2.05) is 38.3 Å². The number of carbonyl (C=O) groups is 1. The molecule has 2 aromatic heterocycles. The van der Waals surface area contributed by atoms with E-state index in [9.17, 15) is 9.59 Å². The second-order valence-electron chi connectivity index (χ2n) is 8.51. The second-order valence-corrected chi connectivity index (χ2v) is 9.35. The zero-order valence-electron chi connectivity index (χ0n) is 20.1. The van der Waals surface area contributed by atoms with Gasteiger partial charge in [0.2, 0.25) is 5.91 Å². The molecule has 4 rings (SSSR count). The minimum atomic E-state index is -0.358. The maximum atomic E-state index is 12.6. The quantitative estimate of drug-likeness (QED) is 0.289. The number of rotatable bonds is 7. The van der Waals surface area contributed by atoms with Gasteiger partial charge in [-0.3, -0.25) is 9.69 Å². The number of aromatic nitrogens is 1. The molecule has 0 atom stereocenters. The molecule has 2 heterocycles. The molecular formula is C27H28N2O4S. The van der Waals surface area contributed by atoms with Gasteiger partial charge in [-0.1, -0.05) is 31.0 Å². The first-order valence-electron chi connectivity index (χ1n) is 11.3. The van der Waals surface area contributed by atoms with Gasteiger partial charge >= 0.3 is 5.63 Å². The predicted molar refractivity (Wildman–Crippen MR) is 136 cm³/mol. The number of hydrogen-bond donors (Lipinski definition) is 0. The number of amides is 1. The van der Waals surface area contributed by atoms with Crippen LogP contribution in [0.3, 0.4) is 0 Å². The minimum absolute atomic E-state index is 0.0932. The zero-order valence-corrected chi connectivity index (χ0v) is 20.9. The summed E-state index contributed by atoms with van der Waals surface area (Å²) in [5.74, 6) is 0.497. The Kier molecular flexibility index (Phi) is 6.84. The Balaban J connectivity index is 1.56. The normalized spacial score (nSPS) is 11.1. The summed E-state index contributed by atoms with van der Waals surface area (Å²) in [6.07, 6.45) is 1.76. The third-order valence-electron chi connectivity index (χ3n) is 5.61. The molecule has 2 aromatic carbocycles. The number of benzene rings is 2. The van der Waals surface area contributed by atoms with Crippen molar-refractivity contribution in [1.29, 1.82) is 0 Å². The molecule has 1 amide bonds. The largest absolute Gasteiger partial charge is 0.487 e. The van der Waals surface area contributed by atoms with E-state index in [0.29, 0.717) is 16.5 Å². The molecule has 0 unspecified atom stereocenters. The molecule has 6 nitrogen and oxygen atoms in total. The van der Waals surface area contributed by atoms with Gasteiger partial charge in [-0.25, -0.2) is 9.78 Å². The summed E-state index contributed by atoms with van der Waals surface area (Å²) in [5, 5.41) is 3.42. The predicted octanol–water partition coefficient (Wildman–Crippen LogP) is 6.39. The summed E-state index contributed by atoms with van der Waals surface area (Å²) in [7, 11) is 0. The number of fused-ring (bicyclic) bond motifs is 1. The molecule has 0 N–H and O–H groups in total. The van der Waals surface area contributed by atoms with Gasteiger partial charge in [0.1, 0.15) is 17.9 Å². The SMILES string of the molecule is CCCc1cc(=O)oc2cc(OCc3csc(N(C(C)=O)c4c(C)cc(C)cc4C)n3)ccc12. The Morgan fingerprint density at radius 3 is 2.53 bits per heavy atom. The molecule has 0 spiro atoms. The van der Waals surface area contributed by atoms with Gasteiger partial charge in [0.15, 0.2) is 5.13 Å². The highest BCUT2D eigenvalue weighted by Crippen LogP contribution is 2.35. The third kappa shape index (κ3) is 4.89. The molecular weight excluding hydrogens is 448 g/mol. The van der Waals surface area contributed by atoms with Crippen LogP contribution in [0.4, 0.5) is 10.8 Å². The van der Waals surface area contributed by atoms with E-state index in [2.05, 4.69) is 24.0 Å². The van der Waals surface area contributed by atoms with Gasteiger partial charge < -0.3 is 9.15 Å². The van der Waals surface area contributed by atoms with Crippen molar-refractivity contribution in [2.24, 2.45) is 0 Å². The highest BCUT2D eigenvalue weighted by atomic mass is 32.1. The van der Waals surface area contributed by atoms with Crippen LogP contribution in [0.5, 0.6) is 5.75 Å². The van der Waals surface area contributed by atoms with E-state index >= 15 is 0 Å². The summed E-state index contributed by atoms with van der Waals surface area (Å²) in [4.78, 5) is 30.8. The van der Waals surface area contributed by atoms with Gasteiger partial charge in [-0.05, 0) is 56.0 Å². The van der Waals surface area contributed by atoms with Crippen molar-refractivity contribution in [3.63, 3.8) is 0 Å². The first kappa shape index (κ1) is 23.7. The lowest BCUT2D eigenvalue weighted by Crippen LogP contribution is -2.24. The van der Waals surface area contributed by atoms with Gasteiger partial charge in [-0.15, -0.1) is 11.3 Å². The van der Waals surface area contributed by atoms with Crippen molar-refractivity contribution in [3.8, 4) is 5.75 Å². The Labute approximate surface area is 202 Å². The molecule has 176 valence electrons. The number of ether oxygens (including phenoxy) is 1. The van der Waals surface area contributed by atoms with Crippen molar-refractivity contribution < 1.29 is 13.9 Å². The van der Waals surface area contributed by atoms with Crippen molar-refractivity contribution in [1.82, 2.24) is 4.98 Å². The van der Waals surface area contributed by atoms with Crippen LogP contribution in [0.2, 0.25) is 0 Å². The van der Waals surface area contributed by atoms with E-state index < -0.39 is 0 Å². The fraction of sp³-hybridized carbons (Fsp3) is 0.296. The van der Waals surface area contributed by atoms with E-state index in [0.717, 1.165) is 51.9 Å². The number of aryl methyl sites for hydroxylation is 4. The Bertz CT molecular complexity index is 1400. The van der Waals surface area contributed by atoms with E-state index in [4.69, 9.17) is 9.15 Å². The Morgan fingerprint density at radius 1 is 1.12 bits per heavy atom. The fourth-order valence-corrected chi connectivity index (χ4v) is 5.17. The van der Waals surface area contributed by atoms with Gasteiger partial charge in [-0.2, -0.15) is 0 Å². The van der Waals surface area contributed by atoms with Crippen LogP contribution in [0.25, 0.3) is 11.0 Å². The molecule has 0 bridgehead atoms. The summed E-state index contributed by atoms with van der Waals surface area (Å²) in [6.45, 7) is 9.92. The van der Waals surface area contributed by atoms with Crippen LogP contribution in [0.15, 0.2) is 51.0 Å². The molecule has 7 heteroatoms. The molecule has 4 aromatic rings. The van der Waals surface area contributed by atoms with Crippen molar-refractivity contribution >= 4 is 39.0 Å². The number of anilines is 2. The minimum Gasteiger partial charge on any atom is -0.487 e. The van der Waals surface area contributed by atoms with E-state index in [1.165, 1.54) is 11.3 Å². The highest BCUT2D eigenvalue weighted by Gasteiger charge is 2.22. The number of thiazole rings is 1. The Hall–Kier alpha value is -3.45. The molecule has 0 saturated heterocycles. The average Bonchev–Trinajstić information content (AvgIpc) is 3.22. The topological polar surface area (TPSA) is 72.6 Å². The fourth-order valence-electron chi connectivity index (χ4n) is 4.31. The standard InChI is InChI=1S/C27H28N2O4S/c1-6-7-20-12-25(31)33-24-13-22(8-9-23(20)24)32-14-21-15-34-27(28-21)29(19(5)30)26-17(3)10-16(2)11-18(26)4/h8-13,15H,6-7,14H2,1-5H3. The van der Waals surface area contributed by atoms with Crippen molar-refractivity contribution in [2.75, 3.05) is 4.90 Å². The van der Waals surface area contributed by atoms with Gasteiger partial charge in [0.05, 0.1) is 11.4 Å². The molecule has 0 aliphatic carbocycles. The van der Waals surface area contributed by atoms with Crippen LogP contribution in [-0.2, 0) is 17.8 Å². The maximum absolute atomic E-state index is 12.6. The summed E-state index contributed by atoms with van der Waals surface area (Å²) in [5.41, 5.74) is 5.94. The Morgan fingerprint density at radius 2 is 1.85 bits per heavy atom. The van der Waals surface area contributed by atoms with Crippen LogP contribution >= 0.6 is 11.3 Å². The number of nitrogens with zero attached hydrogens (tertiary/aromatic N) is 2. The summed E-state index contributed by atoms with van der Waals surface area (Å²) in [6, 6.07) is 11.2. The van der Waals surface area contributed by atoms with E-state index in [-0.39, 0.29) is 18.1 Å². The van der Waals surface area contributed by atoms with Gasteiger partial charge in [0, 0.05) is 29.8 Å². The third-order valence-corrected chi connectivity index (χ3v) is 6.49. The maximum Gasteiger partial charge on any atom is 0.336 e. The summed E-state index contributed by atoms with van der Waals surface area (Å²) < 4.78 is 11.3. The molecule has 0 aliphatic rings. The lowest BCUT2D eigenvalue weighted by atomic mass is 10.0. The molecule has 0 fully saturated rings. The van der Waals surface area contributed by atoms with E-state index in [1.54, 1.807) is 24.0 Å². The molecule has 0 aliphatic heterocycles. The first-order valence-corrected chi connectivity index (χ1v) is 12.2. The number of hydrogen-bond acceptors (Lipinski definition) is 6. The van der Waals surface area contributed by atoms with Crippen molar-refractivity contribution in [2.45, 2.75) is 54.1 Å².